The molecule has 2 aromatic rings. The van der Waals surface area contributed by atoms with Crippen molar-refractivity contribution in [3.8, 4) is 0 Å². The van der Waals surface area contributed by atoms with Crippen molar-refractivity contribution >= 4 is 11.4 Å². The lowest BCUT2D eigenvalue weighted by atomic mass is 10.1. The summed E-state index contributed by atoms with van der Waals surface area (Å²) in [7, 11) is 1.88. The average Bonchev–Trinajstić information content (AvgIpc) is 2.39. The van der Waals surface area contributed by atoms with Gasteiger partial charge < -0.3 is 10.6 Å². The van der Waals surface area contributed by atoms with Crippen molar-refractivity contribution < 1.29 is 4.39 Å². The first-order chi connectivity index (χ1) is 9.13. The minimum absolute atomic E-state index is 0.213. The van der Waals surface area contributed by atoms with Crippen LogP contribution in [-0.4, -0.2) is 13.6 Å². The largest absolute Gasteiger partial charge is 0.342 e. The monoisotopic (exact) mass is 258 g/mol. The van der Waals surface area contributed by atoms with Gasteiger partial charge >= 0.3 is 0 Å². The fraction of sp³-hybridized carbons (Fsp3) is 0.250. The molecular formula is C16H19FN2. The van der Waals surface area contributed by atoms with Gasteiger partial charge in [0.2, 0.25) is 0 Å². The smallest absolute Gasteiger partial charge is 0.146 e. The molecule has 0 aliphatic heterocycles. The predicted octanol–water partition coefficient (Wildman–Crippen LogP) is 3.40. The first kappa shape index (κ1) is 13.6. The van der Waals surface area contributed by atoms with Gasteiger partial charge in [0, 0.05) is 12.7 Å². The van der Waals surface area contributed by atoms with Crippen molar-refractivity contribution in [2.75, 3.05) is 18.5 Å². The van der Waals surface area contributed by atoms with Gasteiger partial charge in [0.15, 0.2) is 0 Å². The minimum Gasteiger partial charge on any atom is -0.342 e. The van der Waals surface area contributed by atoms with E-state index in [-0.39, 0.29) is 5.82 Å². The van der Waals surface area contributed by atoms with E-state index in [0.29, 0.717) is 12.2 Å². The van der Waals surface area contributed by atoms with Gasteiger partial charge in [-0.2, -0.15) is 0 Å². The van der Waals surface area contributed by atoms with Crippen LogP contribution < -0.4 is 10.6 Å². The molecule has 0 spiro atoms. The summed E-state index contributed by atoms with van der Waals surface area (Å²) < 4.78 is 13.8. The lowest BCUT2D eigenvalue weighted by molar-refractivity contribution is 0.627. The molecule has 0 bridgehead atoms. The third-order valence-corrected chi connectivity index (χ3v) is 3.27. The van der Waals surface area contributed by atoms with Crippen molar-refractivity contribution in [3.05, 3.63) is 59.4 Å². The maximum absolute atomic E-state index is 13.8. The second-order valence-electron chi connectivity index (χ2n) is 4.67. The zero-order valence-corrected chi connectivity index (χ0v) is 11.4. The van der Waals surface area contributed by atoms with Crippen LogP contribution in [0.2, 0.25) is 0 Å². The van der Waals surface area contributed by atoms with Crippen molar-refractivity contribution in [2.45, 2.75) is 13.3 Å². The summed E-state index contributed by atoms with van der Waals surface area (Å²) in [6, 6.07) is 13.0. The number of anilines is 2. The number of benzene rings is 2. The highest BCUT2D eigenvalue weighted by Gasteiger charge is 2.11. The minimum atomic E-state index is -0.213. The molecule has 2 rings (SSSR count). The fourth-order valence-corrected chi connectivity index (χ4v) is 2.27. The van der Waals surface area contributed by atoms with Gasteiger partial charge in [-0.25, -0.2) is 4.39 Å². The molecule has 0 aliphatic rings. The molecule has 0 saturated heterocycles. The molecule has 0 fully saturated rings. The molecule has 3 heteroatoms. The van der Waals surface area contributed by atoms with Gasteiger partial charge in [-0.3, -0.25) is 0 Å². The van der Waals surface area contributed by atoms with Crippen LogP contribution in [-0.2, 0) is 6.42 Å². The summed E-state index contributed by atoms with van der Waals surface area (Å²) in [5, 5.41) is 0. The Morgan fingerprint density at radius 3 is 2.47 bits per heavy atom. The van der Waals surface area contributed by atoms with Gasteiger partial charge in [-0.05, 0) is 49.2 Å². The maximum Gasteiger partial charge on any atom is 0.146 e. The predicted molar refractivity (Wildman–Crippen MR) is 78.4 cm³/mol. The lowest BCUT2D eigenvalue weighted by Crippen LogP contribution is -2.13. The quantitative estimate of drug-likeness (QED) is 0.910. The number of hydrogen-bond donors (Lipinski definition) is 1. The summed E-state index contributed by atoms with van der Waals surface area (Å²) in [6.07, 6.45) is 0.866. The molecule has 0 aliphatic carbocycles. The van der Waals surface area contributed by atoms with E-state index in [9.17, 15) is 4.39 Å². The SMILES string of the molecule is Cc1cc(CCN)ccc1N(C)c1ccccc1F. The van der Waals surface area contributed by atoms with E-state index in [1.54, 1.807) is 12.1 Å². The first-order valence-electron chi connectivity index (χ1n) is 6.41. The molecule has 0 aromatic heterocycles. The Morgan fingerprint density at radius 1 is 1.11 bits per heavy atom. The van der Waals surface area contributed by atoms with E-state index in [1.165, 1.54) is 11.6 Å². The fourth-order valence-electron chi connectivity index (χ4n) is 2.27. The van der Waals surface area contributed by atoms with Crippen LogP contribution >= 0.6 is 0 Å². The van der Waals surface area contributed by atoms with Crippen molar-refractivity contribution in [1.29, 1.82) is 0 Å². The number of halogens is 1. The van der Waals surface area contributed by atoms with Crippen LogP contribution in [0.15, 0.2) is 42.5 Å². The second kappa shape index (κ2) is 5.85. The number of nitrogens with two attached hydrogens (primary N) is 1. The standard InChI is InChI=1S/C16H19FN2/c1-12-11-13(9-10-18)7-8-15(12)19(2)16-6-4-3-5-14(16)17/h3-8,11H,9-10,18H2,1-2H3. The average molecular weight is 258 g/mol. The van der Waals surface area contributed by atoms with E-state index in [2.05, 4.69) is 6.07 Å². The molecule has 19 heavy (non-hydrogen) atoms. The summed E-state index contributed by atoms with van der Waals surface area (Å²) in [5.41, 5.74) is 9.48. The Kier molecular flexibility index (Phi) is 4.17. The Balaban J connectivity index is 2.34. The molecule has 0 saturated carbocycles. The molecule has 2 N–H and O–H groups in total. The molecule has 2 aromatic carbocycles. The number of para-hydroxylation sites is 1. The topological polar surface area (TPSA) is 29.3 Å². The summed E-state index contributed by atoms with van der Waals surface area (Å²) in [4.78, 5) is 1.87. The molecule has 0 atom stereocenters. The Morgan fingerprint density at radius 2 is 1.84 bits per heavy atom. The second-order valence-corrected chi connectivity index (χ2v) is 4.67. The molecule has 0 amide bonds. The zero-order valence-electron chi connectivity index (χ0n) is 11.4. The molecule has 100 valence electrons. The van der Waals surface area contributed by atoms with Crippen LogP contribution in [0.1, 0.15) is 11.1 Å². The normalized spacial score (nSPS) is 10.5. The van der Waals surface area contributed by atoms with Crippen molar-refractivity contribution in [1.82, 2.24) is 0 Å². The van der Waals surface area contributed by atoms with Crippen LogP contribution in [0.3, 0.4) is 0 Å². The third-order valence-electron chi connectivity index (χ3n) is 3.27. The van der Waals surface area contributed by atoms with Crippen molar-refractivity contribution in [3.63, 3.8) is 0 Å². The summed E-state index contributed by atoms with van der Waals surface area (Å²) in [6.45, 7) is 2.68. The van der Waals surface area contributed by atoms with Gasteiger partial charge in [-0.1, -0.05) is 24.3 Å². The molecule has 0 radical (unpaired) electrons. The Hall–Kier alpha value is -1.87. The molecule has 0 heterocycles. The lowest BCUT2D eigenvalue weighted by Gasteiger charge is -2.22. The van der Waals surface area contributed by atoms with Crippen LogP contribution in [0.4, 0.5) is 15.8 Å². The molecule has 2 nitrogen and oxygen atoms in total. The molecular weight excluding hydrogens is 239 g/mol. The highest BCUT2D eigenvalue weighted by Crippen LogP contribution is 2.29. The third kappa shape index (κ3) is 2.93. The maximum atomic E-state index is 13.8. The van der Waals surface area contributed by atoms with E-state index < -0.39 is 0 Å². The number of rotatable bonds is 4. The first-order valence-corrected chi connectivity index (χ1v) is 6.41. The van der Waals surface area contributed by atoms with E-state index >= 15 is 0 Å². The van der Waals surface area contributed by atoms with Crippen LogP contribution in [0.5, 0.6) is 0 Å². The van der Waals surface area contributed by atoms with Gasteiger partial charge in [-0.15, -0.1) is 0 Å². The summed E-state index contributed by atoms with van der Waals surface area (Å²) in [5.74, 6) is -0.213. The highest BCUT2D eigenvalue weighted by molar-refractivity contribution is 5.66. The number of hydrogen-bond acceptors (Lipinski definition) is 2. The van der Waals surface area contributed by atoms with Gasteiger partial charge in [0.25, 0.3) is 0 Å². The highest BCUT2D eigenvalue weighted by atomic mass is 19.1. The summed E-state index contributed by atoms with van der Waals surface area (Å²) >= 11 is 0. The number of aryl methyl sites for hydroxylation is 1. The van der Waals surface area contributed by atoms with Crippen LogP contribution in [0, 0.1) is 12.7 Å². The van der Waals surface area contributed by atoms with Crippen molar-refractivity contribution in [2.24, 2.45) is 5.73 Å². The molecule has 0 unspecified atom stereocenters. The van der Waals surface area contributed by atoms with E-state index in [0.717, 1.165) is 17.7 Å². The van der Waals surface area contributed by atoms with Crippen LogP contribution in [0.25, 0.3) is 0 Å². The Bertz CT molecular complexity index is 566. The zero-order chi connectivity index (χ0) is 13.8. The van der Waals surface area contributed by atoms with Gasteiger partial charge in [0.1, 0.15) is 5.82 Å². The number of nitrogens with zero attached hydrogens (tertiary/aromatic N) is 1. The van der Waals surface area contributed by atoms with Gasteiger partial charge in [0.05, 0.1) is 5.69 Å². The van der Waals surface area contributed by atoms with E-state index in [1.807, 2.05) is 37.1 Å². The van der Waals surface area contributed by atoms with E-state index in [4.69, 9.17) is 5.73 Å². The Labute approximate surface area is 113 Å².